The van der Waals surface area contributed by atoms with Crippen LogP contribution in [0.2, 0.25) is 0 Å². The van der Waals surface area contributed by atoms with Gasteiger partial charge < -0.3 is 16.8 Å². The van der Waals surface area contributed by atoms with Crippen LogP contribution in [-0.4, -0.2) is 17.9 Å². The zero-order chi connectivity index (χ0) is 11.3. The van der Waals surface area contributed by atoms with Crippen molar-refractivity contribution in [2.45, 2.75) is 12.5 Å². The Morgan fingerprint density at radius 2 is 1.80 bits per heavy atom. The fourth-order valence-corrected chi connectivity index (χ4v) is 1.16. The molecule has 1 rings (SSSR count). The smallest absolute Gasteiger partial charge is 0.240 e. The molecule has 2 amide bonds. The number of nitrogens with one attached hydrogen (secondary N) is 1. The maximum atomic E-state index is 11.0. The number of amides is 2. The molecule has 1 unspecified atom stereocenters. The molecule has 0 bridgehead atoms. The van der Waals surface area contributed by atoms with Crippen molar-refractivity contribution in [2.24, 2.45) is 11.5 Å². The van der Waals surface area contributed by atoms with Crippen molar-refractivity contribution in [1.82, 2.24) is 0 Å². The molecule has 0 aliphatic carbocycles. The summed E-state index contributed by atoms with van der Waals surface area (Å²) in [5.41, 5.74) is 10.8. The van der Waals surface area contributed by atoms with Gasteiger partial charge in [-0.05, 0) is 12.1 Å². The monoisotopic (exact) mass is 207 g/mol. The lowest BCUT2D eigenvalue weighted by Gasteiger charge is -2.14. The van der Waals surface area contributed by atoms with Crippen LogP contribution >= 0.6 is 0 Å². The SMILES string of the molecule is NC(=O)CC(Nc1ccccc1)C(N)=O. The highest BCUT2D eigenvalue weighted by Gasteiger charge is 2.17. The van der Waals surface area contributed by atoms with E-state index < -0.39 is 17.9 Å². The lowest BCUT2D eigenvalue weighted by Crippen LogP contribution is -2.38. The quantitative estimate of drug-likeness (QED) is 0.625. The number of anilines is 1. The third kappa shape index (κ3) is 3.68. The zero-order valence-corrected chi connectivity index (χ0v) is 8.14. The second-order valence-corrected chi connectivity index (χ2v) is 3.14. The van der Waals surface area contributed by atoms with Crippen LogP contribution in [0.5, 0.6) is 0 Å². The predicted octanol–water partition coefficient (Wildman–Crippen LogP) is -0.172. The molecule has 0 spiro atoms. The molecule has 0 fully saturated rings. The normalized spacial score (nSPS) is 11.7. The average molecular weight is 207 g/mol. The van der Waals surface area contributed by atoms with Crippen LogP contribution in [0.15, 0.2) is 30.3 Å². The van der Waals surface area contributed by atoms with Crippen LogP contribution in [0.1, 0.15) is 6.42 Å². The molecule has 0 saturated heterocycles. The highest BCUT2D eigenvalue weighted by molar-refractivity contribution is 5.88. The Balaban J connectivity index is 2.67. The van der Waals surface area contributed by atoms with Gasteiger partial charge in [0, 0.05) is 5.69 Å². The van der Waals surface area contributed by atoms with Gasteiger partial charge in [-0.2, -0.15) is 0 Å². The average Bonchev–Trinajstić information content (AvgIpc) is 2.17. The summed E-state index contributed by atoms with van der Waals surface area (Å²) >= 11 is 0. The summed E-state index contributed by atoms with van der Waals surface area (Å²) in [5, 5.41) is 2.83. The number of nitrogens with two attached hydrogens (primary N) is 2. The first-order valence-corrected chi connectivity index (χ1v) is 4.49. The topological polar surface area (TPSA) is 98.2 Å². The van der Waals surface area contributed by atoms with E-state index >= 15 is 0 Å². The van der Waals surface area contributed by atoms with Crippen LogP contribution in [0, 0.1) is 0 Å². The molecule has 0 saturated carbocycles. The van der Waals surface area contributed by atoms with Gasteiger partial charge in [0.15, 0.2) is 0 Å². The van der Waals surface area contributed by atoms with Gasteiger partial charge in [0.25, 0.3) is 0 Å². The predicted molar refractivity (Wildman–Crippen MR) is 56.9 cm³/mol. The number of carbonyl (C=O) groups excluding carboxylic acids is 2. The molecule has 1 atom stereocenters. The van der Waals surface area contributed by atoms with Crippen molar-refractivity contribution in [1.29, 1.82) is 0 Å². The van der Waals surface area contributed by atoms with Crippen LogP contribution < -0.4 is 16.8 Å². The lowest BCUT2D eigenvalue weighted by atomic mass is 10.1. The lowest BCUT2D eigenvalue weighted by molar-refractivity contribution is -0.123. The van der Waals surface area contributed by atoms with Crippen molar-refractivity contribution in [2.75, 3.05) is 5.32 Å². The summed E-state index contributed by atoms with van der Waals surface area (Å²) in [6, 6.07) is 8.26. The highest BCUT2D eigenvalue weighted by Crippen LogP contribution is 2.08. The van der Waals surface area contributed by atoms with Crippen LogP contribution in [0.4, 0.5) is 5.69 Å². The van der Waals surface area contributed by atoms with Crippen LogP contribution in [-0.2, 0) is 9.59 Å². The van der Waals surface area contributed by atoms with Gasteiger partial charge >= 0.3 is 0 Å². The van der Waals surface area contributed by atoms with Crippen molar-refractivity contribution < 1.29 is 9.59 Å². The maximum Gasteiger partial charge on any atom is 0.240 e. The summed E-state index contributed by atoms with van der Waals surface area (Å²) in [6.45, 7) is 0. The van der Waals surface area contributed by atoms with E-state index in [2.05, 4.69) is 5.32 Å². The molecule has 15 heavy (non-hydrogen) atoms. The van der Waals surface area contributed by atoms with E-state index in [1.807, 2.05) is 18.2 Å². The first-order chi connectivity index (χ1) is 7.09. The molecule has 5 N–H and O–H groups in total. The first-order valence-electron chi connectivity index (χ1n) is 4.49. The molecule has 5 heteroatoms. The molecule has 0 heterocycles. The number of primary amides is 2. The summed E-state index contributed by atoms with van der Waals surface area (Å²) < 4.78 is 0. The number of hydrogen-bond donors (Lipinski definition) is 3. The summed E-state index contributed by atoms with van der Waals surface area (Å²) in [6.07, 6.45) is -0.107. The standard InChI is InChI=1S/C10H13N3O2/c11-9(14)6-8(10(12)15)13-7-4-2-1-3-5-7/h1-5,8,13H,6H2,(H2,11,14)(H2,12,15). The first kappa shape index (κ1) is 11.0. The Labute approximate surface area is 87.4 Å². The molecule has 0 aromatic heterocycles. The Kier molecular flexibility index (Phi) is 3.68. The summed E-state index contributed by atoms with van der Waals surface area (Å²) in [7, 11) is 0. The van der Waals surface area contributed by atoms with Crippen molar-refractivity contribution in [3.63, 3.8) is 0 Å². The largest absolute Gasteiger partial charge is 0.373 e. The van der Waals surface area contributed by atoms with Crippen LogP contribution in [0.25, 0.3) is 0 Å². The molecule has 0 aliphatic heterocycles. The molecule has 5 nitrogen and oxygen atoms in total. The molecular formula is C10H13N3O2. The molecule has 1 aromatic carbocycles. The van der Waals surface area contributed by atoms with E-state index in [0.29, 0.717) is 0 Å². The number of benzene rings is 1. The van der Waals surface area contributed by atoms with Crippen LogP contribution in [0.3, 0.4) is 0 Å². The van der Waals surface area contributed by atoms with Crippen molar-refractivity contribution in [3.05, 3.63) is 30.3 Å². The van der Waals surface area contributed by atoms with E-state index in [4.69, 9.17) is 11.5 Å². The van der Waals surface area contributed by atoms with Gasteiger partial charge in [-0.25, -0.2) is 0 Å². The Hall–Kier alpha value is -2.04. The molecular weight excluding hydrogens is 194 g/mol. The van der Waals surface area contributed by atoms with Gasteiger partial charge in [0.2, 0.25) is 11.8 Å². The summed E-state index contributed by atoms with van der Waals surface area (Å²) in [4.78, 5) is 21.7. The maximum absolute atomic E-state index is 11.0. The minimum absolute atomic E-state index is 0.107. The van der Waals surface area contributed by atoms with Gasteiger partial charge in [0.1, 0.15) is 6.04 Å². The van der Waals surface area contributed by atoms with Gasteiger partial charge in [-0.15, -0.1) is 0 Å². The van der Waals surface area contributed by atoms with Gasteiger partial charge in [0.05, 0.1) is 6.42 Å². The van der Waals surface area contributed by atoms with E-state index in [0.717, 1.165) is 5.69 Å². The van der Waals surface area contributed by atoms with Gasteiger partial charge in [-0.1, -0.05) is 18.2 Å². The van der Waals surface area contributed by atoms with E-state index in [1.54, 1.807) is 12.1 Å². The van der Waals surface area contributed by atoms with Crippen molar-refractivity contribution >= 4 is 17.5 Å². The van der Waals surface area contributed by atoms with Crippen molar-refractivity contribution in [3.8, 4) is 0 Å². The number of hydrogen-bond acceptors (Lipinski definition) is 3. The minimum atomic E-state index is -0.759. The number of rotatable bonds is 5. The molecule has 0 radical (unpaired) electrons. The Bertz CT molecular complexity index is 351. The highest BCUT2D eigenvalue weighted by atomic mass is 16.2. The summed E-state index contributed by atoms with van der Waals surface area (Å²) in [5.74, 6) is -1.17. The second kappa shape index (κ2) is 4.99. The minimum Gasteiger partial charge on any atom is -0.373 e. The Morgan fingerprint density at radius 1 is 1.20 bits per heavy atom. The fraction of sp³-hybridized carbons (Fsp3) is 0.200. The van der Waals surface area contributed by atoms with E-state index in [9.17, 15) is 9.59 Å². The third-order valence-corrected chi connectivity index (χ3v) is 1.86. The Morgan fingerprint density at radius 3 is 2.27 bits per heavy atom. The third-order valence-electron chi connectivity index (χ3n) is 1.86. The molecule has 0 aliphatic rings. The van der Waals surface area contributed by atoms with E-state index in [1.165, 1.54) is 0 Å². The molecule has 80 valence electrons. The second-order valence-electron chi connectivity index (χ2n) is 3.14. The number of para-hydroxylation sites is 1. The fourth-order valence-electron chi connectivity index (χ4n) is 1.16. The molecule has 1 aromatic rings. The van der Waals surface area contributed by atoms with Gasteiger partial charge in [-0.3, -0.25) is 9.59 Å². The van der Waals surface area contributed by atoms with E-state index in [-0.39, 0.29) is 6.42 Å². The zero-order valence-electron chi connectivity index (χ0n) is 8.14. The number of carbonyl (C=O) groups is 2.